The standard InChI is InChI=1S/C14H16O2/c1-3-15-13-9-5-8-12-11(13)7-6-10-14(12)16-4-2/h5-10H,3-4H2,1-2H3. The van der Waals surface area contributed by atoms with Crippen molar-refractivity contribution in [2.75, 3.05) is 13.2 Å². The topological polar surface area (TPSA) is 18.5 Å². The predicted molar refractivity (Wildman–Crippen MR) is 66.3 cm³/mol. The SMILES string of the molecule is CCOc1cccc2c(OCC)cccc12. The van der Waals surface area contributed by atoms with Gasteiger partial charge in [-0.3, -0.25) is 0 Å². The molecular weight excluding hydrogens is 200 g/mol. The van der Waals surface area contributed by atoms with Crippen LogP contribution in [0.3, 0.4) is 0 Å². The van der Waals surface area contributed by atoms with E-state index in [2.05, 4.69) is 12.1 Å². The van der Waals surface area contributed by atoms with Crippen LogP contribution in [-0.2, 0) is 0 Å². The largest absolute Gasteiger partial charge is 0.493 e. The number of rotatable bonds is 4. The molecule has 2 rings (SSSR count). The van der Waals surface area contributed by atoms with Gasteiger partial charge in [-0.25, -0.2) is 0 Å². The zero-order valence-electron chi connectivity index (χ0n) is 9.69. The monoisotopic (exact) mass is 216 g/mol. The Morgan fingerprint density at radius 3 is 1.56 bits per heavy atom. The van der Waals surface area contributed by atoms with Gasteiger partial charge in [-0.2, -0.15) is 0 Å². The molecule has 0 saturated carbocycles. The molecule has 0 atom stereocenters. The van der Waals surface area contributed by atoms with Crippen LogP contribution in [-0.4, -0.2) is 13.2 Å². The van der Waals surface area contributed by atoms with Gasteiger partial charge in [0.05, 0.1) is 13.2 Å². The molecule has 0 saturated heterocycles. The fourth-order valence-corrected chi connectivity index (χ4v) is 1.82. The highest BCUT2D eigenvalue weighted by Gasteiger charge is 2.05. The summed E-state index contributed by atoms with van der Waals surface area (Å²) in [6.07, 6.45) is 0. The summed E-state index contributed by atoms with van der Waals surface area (Å²) in [6, 6.07) is 12.1. The number of ether oxygens (including phenoxy) is 2. The second-order valence-electron chi connectivity index (χ2n) is 3.47. The third-order valence-electron chi connectivity index (χ3n) is 2.44. The van der Waals surface area contributed by atoms with E-state index >= 15 is 0 Å². The zero-order valence-corrected chi connectivity index (χ0v) is 9.69. The predicted octanol–water partition coefficient (Wildman–Crippen LogP) is 3.64. The third kappa shape index (κ3) is 1.96. The van der Waals surface area contributed by atoms with E-state index in [0.29, 0.717) is 13.2 Å². The first kappa shape index (κ1) is 10.8. The normalized spacial score (nSPS) is 10.4. The van der Waals surface area contributed by atoms with Crippen molar-refractivity contribution in [1.29, 1.82) is 0 Å². The van der Waals surface area contributed by atoms with Crippen LogP contribution in [0.25, 0.3) is 10.8 Å². The number of hydrogen-bond donors (Lipinski definition) is 0. The molecule has 16 heavy (non-hydrogen) atoms. The average molecular weight is 216 g/mol. The summed E-state index contributed by atoms with van der Waals surface area (Å²) in [5.41, 5.74) is 0. The minimum atomic E-state index is 0.679. The lowest BCUT2D eigenvalue weighted by Gasteiger charge is -2.10. The Kier molecular flexibility index (Phi) is 3.30. The second-order valence-corrected chi connectivity index (χ2v) is 3.47. The van der Waals surface area contributed by atoms with Crippen molar-refractivity contribution in [2.24, 2.45) is 0 Å². The molecule has 0 amide bonds. The molecule has 0 N–H and O–H groups in total. The first-order valence-electron chi connectivity index (χ1n) is 5.64. The van der Waals surface area contributed by atoms with Crippen molar-refractivity contribution in [2.45, 2.75) is 13.8 Å². The van der Waals surface area contributed by atoms with Gasteiger partial charge in [0, 0.05) is 10.8 Å². The van der Waals surface area contributed by atoms with Crippen LogP contribution < -0.4 is 9.47 Å². The molecule has 2 aromatic carbocycles. The molecule has 0 aliphatic carbocycles. The maximum absolute atomic E-state index is 5.60. The Labute approximate surface area is 95.8 Å². The summed E-state index contributed by atoms with van der Waals surface area (Å²) >= 11 is 0. The Hall–Kier alpha value is -1.70. The number of fused-ring (bicyclic) bond motifs is 1. The summed E-state index contributed by atoms with van der Waals surface area (Å²) in [4.78, 5) is 0. The van der Waals surface area contributed by atoms with Gasteiger partial charge in [0.2, 0.25) is 0 Å². The molecule has 0 unspecified atom stereocenters. The second kappa shape index (κ2) is 4.88. The molecule has 0 fully saturated rings. The minimum Gasteiger partial charge on any atom is -0.493 e. The minimum absolute atomic E-state index is 0.679. The van der Waals surface area contributed by atoms with Crippen molar-refractivity contribution in [3.63, 3.8) is 0 Å². The van der Waals surface area contributed by atoms with Crippen molar-refractivity contribution >= 4 is 10.8 Å². The molecule has 0 bridgehead atoms. The van der Waals surface area contributed by atoms with E-state index < -0.39 is 0 Å². The van der Waals surface area contributed by atoms with Gasteiger partial charge in [-0.1, -0.05) is 24.3 Å². The lowest BCUT2D eigenvalue weighted by Crippen LogP contribution is -1.95. The van der Waals surface area contributed by atoms with E-state index in [9.17, 15) is 0 Å². The van der Waals surface area contributed by atoms with E-state index in [1.54, 1.807) is 0 Å². The lowest BCUT2D eigenvalue weighted by molar-refractivity contribution is 0.340. The highest BCUT2D eigenvalue weighted by Crippen LogP contribution is 2.31. The molecule has 2 aromatic rings. The van der Waals surface area contributed by atoms with Crippen molar-refractivity contribution in [1.82, 2.24) is 0 Å². The molecule has 0 heterocycles. The van der Waals surface area contributed by atoms with Crippen LogP contribution >= 0.6 is 0 Å². The number of hydrogen-bond acceptors (Lipinski definition) is 2. The molecule has 2 heteroatoms. The van der Waals surface area contributed by atoms with Crippen LogP contribution in [0.15, 0.2) is 36.4 Å². The van der Waals surface area contributed by atoms with E-state index in [0.717, 1.165) is 22.3 Å². The van der Waals surface area contributed by atoms with Gasteiger partial charge in [0.25, 0.3) is 0 Å². The van der Waals surface area contributed by atoms with Gasteiger partial charge >= 0.3 is 0 Å². The molecule has 84 valence electrons. The van der Waals surface area contributed by atoms with E-state index in [1.165, 1.54) is 0 Å². The molecule has 0 spiro atoms. The molecule has 0 aliphatic rings. The van der Waals surface area contributed by atoms with Gasteiger partial charge in [-0.15, -0.1) is 0 Å². The Balaban J connectivity index is 2.57. The Morgan fingerprint density at radius 1 is 0.750 bits per heavy atom. The lowest BCUT2D eigenvalue weighted by atomic mass is 10.1. The molecule has 0 aromatic heterocycles. The van der Waals surface area contributed by atoms with Gasteiger partial charge in [0.15, 0.2) is 0 Å². The smallest absolute Gasteiger partial charge is 0.127 e. The number of benzene rings is 2. The highest BCUT2D eigenvalue weighted by atomic mass is 16.5. The quantitative estimate of drug-likeness (QED) is 0.776. The molecular formula is C14H16O2. The van der Waals surface area contributed by atoms with E-state index in [-0.39, 0.29) is 0 Å². The van der Waals surface area contributed by atoms with Gasteiger partial charge < -0.3 is 9.47 Å². The fraction of sp³-hybridized carbons (Fsp3) is 0.286. The average Bonchev–Trinajstić information content (AvgIpc) is 2.31. The van der Waals surface area contributed by atoms with Crippen LogP contribution in [0, 0.1) is 0 Å². The molecule has 0 aliphatic heterocycles. The van der Waals surface area contributed by atoms with E-state index in [1.807, 2.05) is 38.1 Å². The van der Waals surface area contributed by atoms with Crippen molar-refractivity contribution in [3.8, 4) is 11.5 Å². The molecule has 0 radical (unpaired) electrons. The van der Waals surface area contributed by atoms with Gasteiger partial charge in [0.1, 0.15) is 11.5 Å². The van der Waals surface area contributed by atoms with E-state index in [4.69, 9.17) is 9.47 Å². The summed E-state index contributed by atoms with van der Waals surface area (Å²) in [6.45, 7) is 5.34. The summed E-state index contributed by atoms with van der Waals surface area (Å²) in [5.74, 6) is 1.84. The van der Waals surface area contributed by atoms with Crippen LogP contribution in [0.1, 0.15) is 13.8 Å². The Morgan fingerprint density at radius 2 is 1.19 bits per heavy atom. The molecule has 2 nitrogen and oxygen atoms in total. The van der Waals surface area contributed by atoms with Crippen LogP contribution in [0.5, 0.6) is 11.5 Å². The maximum Gasteiger partial charge on any atom is 0.127 e. The van der Waals surface area contributed by atoms with Gasteiger partial charge in [-0.05, 0) is 26.0 Å². The van der Waals surface area contributed by atoms with Crippen molar-refractivity contribution in [3.05, 3.63) is 36.4 Å². The first-order chi connectivity index (χ1) is 7.86. The fourth-order valence-electron chi connectivity index (χ4n) is 1.82. The maximum atomic E-state index is 5.60. The third-order valence-corrected chi connectivity index (χ3v) is 2.44. The van der Waals surface area contributed by atoms with Crippen molar-refractivity contribution < 1.29 is 9.47 Å². The summed E-state index contributed by atoms with van der Waals surface area (Å²) in [5, 5.41) is 2.21. The van der Waals surface area contributed by atoms with Crippen LogP contribution in [0.2, 0.25) is 0 Å². The summed E-state index contributed by atoms with van der Waals surface area (Å²) in [7, 11) is 0. The highest BCUT2D eigenvalue weighted by molar-refractivity contribution is 5.93. The van der Waals surface area contributed by atoms with Crippen LogP contribution in [0.4, 0.5) is 0 Å². The zero-order chi connectivity index (χ0) is 11.4. The first-order valence-corrected chi connectivity index (χ1v) is 5.64. The summed E-state index contributed by atoms with van der Waals surface area (Å²) < 4.78 is 11.2. The Bertz CT molecular complexity index is 432.